The summed E-state index contributed by atoms with van der Waals surface area (Å²) in [6, 6.07) is 6.14. The Morgan fingerprint density at radius 3 is 2.38 bits per heavy atom. The minimum Gasteiger partial charge on any atom is -0.486 e. The van der Waals surface area contributed by atoms with Gasteiger partial charge < -0.3 is 24.3 Å². The molecule has 32 heavy (non-hydrogen) atoms. The van der Waals surface area contributed by atoms with E-state index in [1.54, 1.807) is 0 Å². The van der Waals surface area contributed by atoms with E-state index in [1.807, 2.05) is 13.1 Å². The van der Waals surface area contributed by atoms with Crippen LogP contribution in [0, 0.1) is 5.92 Å². The molecule has 0 unspecified atom stereocenters. The van der Waals surface area contributed by atoms with Gasteiger partial charge in [-0.1, -0.05) is 52.5 Å². The number of fused-ring (bicyclic) bond motifs is 1. The molecule has 1 fully saturated rings. The smallest absolute Gasteiger partial charge is 0.161 e. The van der Waals surface area contributed by atoms with Crippen LogP contribution in [0.25, 0.3) is 0 Å². The summed E-state index contributed by atoms with van der Waals surface area (Å²) in [7, 11) is 1.96. The predicted octanol–water partition coefficient (Wildman–Crippen LogP) is 5.98. The van der Waals surface area contributed by atoms with Crippen LogP contribution >= 0.6 is 0 Å². The number of nitrogens with one attached hydrogen (secondary N) is 1. The molecule has 3 rings (SSSR count). The summed E-state index contributed by atoms with van der Waals surface area (Å²) in [5.41, 5.74) is 1.28. The maximum atomic E-state index is 9.84. The van der Waals surface area contributed by atoms with Crippen molar-refractivity contribution in [3.8, 4) is 11.5 Å². The molecule has 1 aliphatic carbocycles. The highest BCUT2D eigenvalue weighted by Gasteiger charge is 2.25. The van der Waals surface area contributed by atoms with Crippen molar-refractivity contribution in [1.82, 2.24) is 5.32 Å². The van der Waals surface area contributed by atoms with Crippen LogP contribution in [0.5, 0.6) is 11.5 Å². The Labute approximate surface area is 196 Å². The zero-order valence-electron chi connectivity index (χ0n) is 21.0. The Hall–Kier alpha value is -1.59. The van der Waals surface area contributed by atoms with Gasteiger partial charge in [-0.05, 0) is 69.3 Å². The van der Waals surface area contributed by atoms with Crippen LogP contribution in [0.15, 0.2) is 18.2 Å². The van der Waals surface area contributed by atoms with Gasteiger partial charge in [0.1, 0.15) is 19.5 Å². The fraction of sp³-hybridized carbons (Fsp3) is 0.741. The normalized spacial score (nSPS) is 18.4. The van der Waals surface area contributed by atoms with Crippen molar-refractivity contribution in [2.45, 2.75) is 91.1 Å². The third-order valence-corrected chi connectivity index (χ3v) is 5.58. The lowest BCUT2D eigenvalue weighted by molar-refractivity contribution is -0.107. The largest absolute Gasteiger partial charge is 0.486 e. The van der Waals surface area contributed by atoms with Crippen molar-refractivity contribution in [1.29, 1.82) is 0 Å². The summed E-state index contributed by atoms with van der Waals surface area (Å²) in [5.74, 6) is 2.67. The lowest BCUT2D eigenvalue weighted by Crippen LogP contribution is -2.29. The second-order valence-corrected chi connectivity index (χ2v) is 8.77. The molecule has 0 saturated heterocycles. The van der Waals surface area contributed by atoms with Crippen molar-refractivity contribution in [2.75, 3.05) is 33.4 Å². The van der Waals surface area contributed by atoms with Gasteiger partial charge >= 0.3 is 0 Å². The Bertz CT molecular complexity index is 587. The van der Waals surface area contributed by atoms with E-state index in [2.05, 4.69) is 38.2 Å². The first-order chi connectivity index (χ1) is 15.6. The molecule has 0 amide bonds. The fourth-order valence-electron chi connectivity index (χ4n) is 3.59. The van der Waals surface area contributed by atoms with Crippen LogP contribution in [0.4, 0.5) is 0 Å². The van der Waals surface area contributed by atoms with Gasteiger partial charge in [-0.25, -0.2) is 0 Å². The first-order valence-corrected chi connectivity index (χ1v) is 12.7. The Kier molecular flexibility index (Phi) is 16.8. The van der Waals surface area contributed by atoms with Crippen LogP contribution in [0.1, 0.15) is 84.1 Å². The molecular formula is C27H47NO4. The van der Waals surface area contributed by atoms with Crippen LogP contribution in [0.2, 0.25) is 0 Å². The number of hydrogen-bond donors (Lipinski definition) is 1. The highest BCUT2D eigenvalue weighted by molar-refractivity contribution is 5.48. The molecule has 5 nitrogen and oxygen atoms in total. The van der Waals surface area contributed by atoms with E-state index in [1.165, 1.54) is 44.1 Å². The second kappa shape index (κ2) is 18.9. The van der Waals surface area contributed by atoms with Gasteiger partial charge in [0.05, 0.1) is 6.10 Å². The summed E-state index contributed by atoms with van der Waals surface area (Å²) < 4.78 is 16.4. The first-order valence-electron chi connectivity index (χ1n) is 12.7. The highest BCUT2D eigenvalue weighted by Crippen LogP contribution is 2.31. The van der Waals surface area contributed by atoms with Crippen molar-refractivity contribution in [3.05, 3.63) is 23.8 Å². The van der Waals surface area contributed by atoms with Crippen LogP contribution < -0.4 is 14.8 Å². The Morgan fingerprint density at radius 2 is 1.75 bits per heavy atom. The predicted molar refractivity (Wildman–Crippen MR) is 133 cm³/mol. The third-order valence-electron chi connectivity index (χ3n) is 5.58. The molecular weight excluding hydrogens is 402 g/mol. The van der Waals surface area contributed by atoms with E-state index in [9.17, 15) is 4.79 Å². The van der Waals surface area contributed by atoms with Gasteiger partial charge in [-0.3, -0.25) is 0 Å². The summed E-state index contributed by atoms with van der Waals surface area (Å²) in [5, 5.41) is 3.12. The molecule has 184 valence electrons. The first kappa shape index (κ1) is 28.4. The van der Waals surface area contributed by atoms with Gasteiger partial charge in [0.2, 0.25) is 0 Å². The molecule has 1 heterocycles. The number of unbranched alkanes of at least 4 members (excludes halogenated alkanes) is 5. The molecule has 1 aromatic carbocycles. The van der Waals surface area contributed by atoms with E-state index < -0.39 is 0 Å². The minimum atomic E-state index is 0.611. The van der Waals surface area contributed by atoms with E-state index in [-0.39, 0.29) is 0 Å². The Morgan fingerprint density at radius 1 is 1.03 bits per heavy atom. The van der Waals surface area contributed by atoms with Gasteiger partial charge in [0, 0.05) is 13.0 Å². The van der Waals surface area contributed by atoms with E-state index in [0.29, 0.717) is 19.3 Å². The van der Waals surface area contributed by atoms with Crippen molar-refractivity contribution >= 4 is 6.29 Å². The van der Waals surface area contributed by atoms with Crippen LogP contribution in [-0.4, -0.2) is 45.8 Å². The molecule has 0 aromatic heterocycles. The highest BCUT2D eigenvalue weighted by atomic mass is 16.6. The summed E-state index contributed by atoms with van der Waals surface area (Å²) >= 11 is 0. The SMILES string of the molecule is CCCCCCCC=O.CCCOC1CC(C)C1.CNCCc1ccc2c(c1)OCCO2. The number of benzene rings is 1. The third kappa shape index (κ3) is 13.1. The molecule has 0 atom stereocenters. The number of aldehydes is 1. The summed E-state index contributed by atoms with van der Waals surface area (Å²) in [4.78, 5) is 9.84. The molecule has 5 heteroatoms. The van der Waals surface area contributed by atoms with Gasteiger partial charge in [0.15, 0.2) is 11.5 Å². The topological polar surface area (TPSA) is 56.8 Å². The monoisotopic (exact) mass is 449 g/mol. The summed E-state index contributed by atoms with van der Waals surface area (Å²) in [6.07, 6.45) is 13.3. The minimum absolute atomic E-state index is 0.611. The zero-order chi connectivity index (χ0) is 23.4. The van der Waals surface area contributed by atoms with Gasteiger partial charge in [-0.2, -0.15) is 0 Å². The van der Waals surface area contributed by atoms with Crippen LogP contribution in [0.3, 0.4) is 0 Å². The second-order valence-electron chi connectivity index (χ2n) is 8.77. The van der Waals surface area contributed by atoms with Crippen molar-refractivity contribution < 1.29 is 19.0 Å². The lowest BCUT2D eigenvalue weighted by atomic mass is 9.84. The quantitative estimate of drug-likeness (QED) is 0.314. The lowest BCUT2D eigenvalue weighted by Gasteiger charge is -2.32. The van der Waals surface area contributed by atoms with Crippen LogP contribution in [-0.2, 0) is 16.0 Å². The molecule has 1 N–H and O–H groups in total. The number of ether oxygens (including phenoxy) is 3. The number of carbonyl (C=O) groups excluding carboxylic acids is 1. The molecule has 0 spiro atoms. The number of carbonyl (C=O) groups is 1. The average molecular weight is 450 g/mol. The molecule has 0 bridgehead atoms. The molecule has 0 radical (unpaired) electrons. The fourth-order valence-corrected chi connectivity index (χ4v) is 3.59. The molecule has 1 saturated carbocycles. The molecule has 1 aliphatic heterocycles. The average Bonchev–Trinajstić information content (AvgIpc) is 2.80. The number of likely N-dealkylation sites (N-methyl/N-ethyl adjacent to an activating group) is 1. The van der Waals surface area contributed by atoms with E-state index in [4.69, 9.17) is 14.2 Å². The molecule has 2 aliphatic rings. The van der Waals surface area contributed by atoms with Gasteiger partial charge in [0.25, 0.3) is 0 Å². The number of hydrogen-bond acceptors (Lipinski definition) is 5. The maximum absolute atomic E-state index is 9.84. The summed E-state index contributed by atoms with van der Waals surface area (Å²) in [6.45, 7) is 9.88. The van der Waals surface area contributed by atoms with Crippen molar-refractivity contribution in [3.63, 3.8) is 0 Å². The van der Waals surface area contributed by atoms with Gasteiger partial charge in [-0.15, -0.1) is 0 Å². The molecule has 1 aromatic rings. The van der Waals surface area contributed by atoms with E-state index in [0.717, 1.165) is 62.5 Å². The zero-order valence-corrected chi connectivity index (χ0v) is 21.0. The maximum Gasteiger partial charge on any atom is 0.161 e. The Balaban J connectivity index is 0.000000252. The van der Waals surface area contributed by atoms with Crippen molar-refractivity contribution in [2.24, 2.45) is 5.92 Å². The number of rotatable bonds is 12. The van der Waals surface area contributed by atoms with E-state index >= 15 is 0 Å². The standard InChI is InChI=1S/C11H15NO2.2C8H16O/c1-12-5-4-9-2-3-10-11(8-9)14-7-6-13-10;1-3-4-9-8-5-7(2)6-8;1-2-3-4-5-6-7-8-9/h2-3,8,12H,4-7H2,1H3;7-8H,3-6H2,1-2H3;8H,2-7H2,1H3.